The topological polar surface area (TPSA) is 12.0 Å². The molecular weight excluding hydrogens is 160 g/mol. The van der Waals surface area contributed by atoms with Gasteiger partial charge in [-0.25, -0.2) is 8.78 Å². The van der Waals surface area contributed by atoms with Crippen LogP contribution in [0.15, 0.2) is 0 Å². The quantitative estimate of drug-likeness (QED) is 0.635. The molecule has 3 aliphatic rings. The molecule has 1 saturated heterocycles. The third-order valence-corrected chi connectivity index (χ3v) is 3.85. The van der Waals surface area contributed by atoms with Gasteiger partial charge in [-0.1, -0.05) is 0 Å². The molecule has 1 heterocycles. The Morgan fingerprint density at radius 1 is 1.25 bits per heavy atom. The molecule has 3 rings (SSSR count). The van der Waals surface area contributed by atoms with Crippen molar-refractivity contribution >= 4 is 0 Å². The number of nitrogens with one attached hydrogen (secondary N) is 1. The summed E-state index contributed by atoms with van der Waals surface area (Å²) in [6.45, 7) is 1.35. The summed E-state index contributed by atoms with van der Waals surface area (Å²) >= 11 is 0. The normalized spacial score (nSPS) is 50.0. The van der Waals surface area contributed by atoms with Gasteiger partial charge in [-0.2, -0.15) is 0 Å². The van der Waals surface area contributed by atoms with E-state index < -0.39 is 11.3 Å². The van der Waals surface area contributed by atoms with Gasteiger partial charge in [0.25, 0.3) is 5.92 Å². The average molecular weight is 173 g/mol. The number of hydrogen-bond acceptors (Lipinski definition) is 1. The van der Waals surface area contributed by atoms with Crippen molar-refractivity contribution in [3.8, 4) is 0 Å². The molecule has 0 radical (unpaired) electrons. The van der Waals surface area contributed by atoms with Gasteiger partial charge in [0, 0.05) is 12.5 Å². The van der Waals surface area contributed by atoms with Crippen LogP contribution in [0.2, 0.25) is 0 Å². The molecule has 2 saturated carbocycles. The van der Waals surface area contributed by atoms with E-state index in [1.807, 2.05) is 0 Å². The fourth-order valence-corrected chi connectivity index (χ4v) is 2.98. The molecule has 1 spiro atoms. The van der Waals surface area contributed by atoms with Crippen LogP contribution in [-0.4, -0.2) is 19.0 Å². The van der Waals surface area contributed by atoms with Crippen molar-refractivity contribution < 1.29 is 8.78 Å². The van der Waals surface area contributed by atoms with E-state index in [0.717, 1.165) is 19.4 Å². The number of halogens is 2. The largest absolute Gasteiger partial charge is 0.316 e. The van der Waals surface area contributed by atoms with Crippen LogP contribution < -0.4 is 5.32 Å². The minimum Gasteiger partial charge on any atom is -0.316 e. The molecule has 1 aliphatic heterocycles. The average Bonchev–Trinajstić information content (AvgIpc) is 2.76. The Morgan fingerprint density at radius 2 is 2.00 bits per heavy atom. The minimum atomic E-state index is -2.34. The monoisotopic (exact) mass is 173 g/mol. The van der Waals surface area contributed by atoms with Crippen LogP contribution in [-0.2, 0) is 0 Å². The predicted octanol–water partition coefficient (Wildman–Crippen LogP) is 1.64. The lowest BCUT2D eigenvalue weighted by Gasteiger charge is -2.03. The SMILES string of the molecule is FC1(F)C(C2CC2)C12CCNC2. The second-order valence-electron chi connectivity index (χ2n) is 4.52. The lowest BCUT2D eigenvalue weighted by atomic mass is 10.0. The molecule has 0 aromatic carbocycles. The van der Waals surface area contributed by atoms with Crippen LogP contribution in [0.5, 0.6) is 0 Å². The van der Waals surface area contributed by atoms with E-state index >= 15 is 0 Å². The van der Waals surface area contributed by atoms with Gasteiger partial charge >= 0.3 is 0 Å². The van der Waals surface area contributed by atoms with Crippen molar-refractivity contribution in [3.63, 3.8) is 0 Å². The Morgan fingerprint density at radius 3 is 2.50 bits per heavy atom. The third kappa shape index (κ3) is 0.630. The van der Waals surface area contributed by atoms with Crippen LogP contribution in [0.1, 0.15) is 19.3 Å². The van der Waals surface area contributed by atoms with Crippen molar-refractivity contribution in [2.45, 2.75) is 25.2 Å². The Kier molecular flexibility index (Phi) is 1.11. The summed E-state index contributed by atoms with van der Waals surface area (Å²) in [6, 6.07) is 0. The zero-order chi connectivity index (χ0) is 8.40. The van der Waals surface area contributed by atoms with E-state index in [4.69, 9.17) is 0 Å². The van der Waals surface area contributed by atoms with Crippen LogP contribution in [0.4, 0.5) is 8.78 Å². The molecule has 68 valence electrons. The predicted molar refractivity (Wildman–Crippen MR) is 41.1 cm³/mol. The van der Waals surface area contributed by atoms with E-state index in [1.165, 1.54) is 0 Å². The maximum Gasteiger partial charge on any atom is 0.259 e. The van der Waals surface area contributed by atoms with Gasteiger partial charge in [-0.05, 0) is 31.7 Å². The van der Waals surface area contributed by atoms with E-state index in [9.17, 15) is 8.78 Å². The summed E-state index contributed by atoms with van der Waals surface area (Å²) in [5.74, 6) is -2.24. The molecule has 2 atom stereocenters. The molecular formula is C9H13F2N. The fraction of sp³-hybridized carbons (Fsp3) is 1.00. The van der Waals surface area contributed by atoms with Crippen molar-refractivity contribution in [1.82, 2.24) is 5.32 Å². The zero-order valence-corrected chi connectivity index (χ0v) is 6.95. The highest BCUT2D eigenvalue weighted by molar-refractivity contribution is 5.24. The van der Waals surface area contributed by atoms with Crippen LogP contribution in [0.25, 0.3) is 0 Å². The second kappa shape index (κ2) is 1.84. The molecule has 3 fully saturated rings. The van der Waals surface area contributed by atoms with Gasteiger partial charge in [-0.3, -0.25) is 0 Å². The zero-order valence-electron chi connectivity index (χ0n) is 6.95. The fourth-order valence-electron chi connectivity index (χ4n) is 2.98. The van der Waals surface area contributed by atoms with Crippen molar-refractivity contribution in [2.75, 3.05) is 13.1 Å². The molecule has 3 heteroatoms. The first kappa shape index (κ1) is 7.25. The van der Waals surface area contributed by atoms with Gasteiger partial charge in [0.1, 0.15) is 0 Å². The summed E-state index contributed by atoms with van der Waals surface area (Å²) in [5, 5.41) is 3.06. The van der Waals surface area contributed by atoms with Crippen molar-refractivity contribution in [1.29, 1.82) is 0 Å². The first-order valence-electron chi connectivity index (χ1n) is 4.77. The van der Waals surface area contributed by atoms with Gasteiger partial charge < -0.3 is 5.32 Å². The standard InChI is InChI=1S/C9H13F2N/c10-9(11)7(6-1-2-6)8(9)3-4-12-5-8/h6-7,12H,1-5H2. The van der Waals surface area contributed by atoms with Crippen molar-refractivity contribution in [3.05, 3.63) is 0 Å². The molecule has 2 unspecified atom stereocenters. The van der Waals surface area contributed by atoms with Gasteiger partial charge in [0.15, 0.2) is 0 Å². The van der Waals surface area contributed by atoms with Gasteiger partial charge in [-0.15, -0.1) is 0 Å². The number of rotatable bonds is 1. The molecule has 1 nitrogen and oxygen atoms in total. The molecule has 0 aromatic rings. The summed E-state index contributed by atoms with van der Waals surface area (Å²) in [5.41, 5.74) is -0.603. The minimum absolute atomic E-state index is 0.264. The molecule has 12 heavy (non-hydrogen) atoms. The van der Waals surface area contributed by atoms with Gasteiger partial charge in [0.2, 0.25) is 0 Å². The van der Waals surface area contributed by atoms with E-state index in [2.05, 4.69) is 5.32 Å². The summed E-state index contributed by atoms with van der Waals surface area (Å²) in [4.78, 5) is 0. The van der Waals surface area contributed by atoms with Crippen molar-refractivity contribution in [2.24, 2.45) is 17.3 Å². The maximum atomic E-state index is 13.4. The molecule has 0 aromatic heterocycles. The highest BCUT2D eigenvalue weighted by Gasteiger charge is 2.82. The second-order valence-corrected chi connectivity index (χ2v) is 4.52. The first-order valence-corrected chi connectivity index (χ1v) is 4.77. The van der Waals surface area contributed by atoms with E-state index in [-0.39, 0.29) is 5.92 Å². The summed E-state index contributed by atoms with van der Waals surface area (Å²) < 4.78 is 26.8. The van der Waals surface area contributed by atoms with E-state index in [0.29, 0.717) is 18.9 Å². The highest BCUT2D eigenvalue weighted by Crippen LogP contribution is 2.74. The van der Waals surface area contributed by atoms with Crippen LogP contribution in [0.3, 0.4) is 0 Å². The Balaban J connectivity index is 1.87. The first-order chi connectivity index (χ1) is 5.68. The lowest BCUT2D eigenvalue weighted by molar-refractivity contribution is 0.0604. The smallest absolute Gasteiger partial charge is 0.259 e. The highest BCUT2D eigenvalue weighted by atomic mass is 19.3. The maximum absolute atomic E-state index is 13.4. The lowest BCUT2D eigenvalue weighted by Crippen LogP contribution is -2.15. The van der Waals surface area contributed by atoms with Crippen LogP contribution >= 0.6 is 0 Å². The Hall–Kier alpha value is -0.180. The summed E-state index contributed by atoms with van der Waals surface area (Å²) in [7, 11) is 0. The van der Waals surface area contributed by atoms with Gasteiger partial charge in [0.05, 0.1) is 5.41 Å². The molecule has 1 N–H and O–H groups in total. The number of alkyl halides is 2. The molecule has 0 bridgehead atoms. The summed E-state index contributed by atoms with van der Waals surface area (Å²) in [6.07, 6.45) is 2.78. The number of hydrogen-bond donors (Lipinski definition) is 1. The molecule has 0 amide bonds. The van der Waals surface area contributed by atoms with Crippen LogP contribution in [0, 0.1) is 17.3 Å². The Labute approximate surface area is 70.5 Å². The Bertz CT molecular complexity index is 217. The third-order valence-electron chi connectivity index (χ3n) is 3.85. The molecule has 2 aliphatic carbocycles. The van der Waals surface area contributed by atoms with E-state index in [1.54, 1.807) is 0 Å².